The fourth-order valence-electron chi connectivity index (χ4n) is 3.55. The van der Waals surface area contributed by atoms with Crippen molar-refractivity contribution in [2.24, 2.45) is 5.92 Å². The Balaban J connectivity index is 1.29. The Bertz CT molecular complexity index is 671. The van der Waals surface area contributed by atoms with E-state index in [-0.39, 0.29) is 5.92 Å². The number of likely N-dealkylation sites (tertiary alicyclic amines) is 2. The van der Waals surface area contributed by atoms with Crippen LogP contribution in [0.2, 0.25) is 0 Å². The molecular weight excluding hydrogens is 324 g/mol. The molecule has 0 unspecified atom stereocenters. The van der Waals surface area contributed by atoms with E-state index in [1.807, 2.05) is 21.7 Å². The Kier molecular flexibility index (Phi) is 4.62. The van der Waals surface area contributed by atoms with Gasteiger partial charge in [-0.1, -0.05) is 5.16 Å². The molecule has 2 aliphatic heterocycles. The predicted molar refractivity (Wildman–Crippen MR) is 91.4 cm³/mol. The molecular formula is C17H22N4O2S. The molecule has 0 saturated carbocycles. The second kappa shape index (κ2) is 7.03. The molecule has 0 bridgehead atoms. The molecule has 128 valence electrons. The van der Waals surface area contributed by atoms with E-state index in [1.54, 1.807) is 11.3 Å². The van der Waals surface area contributed by atoms with Crippen LogP contribution in [0.3, 0.4) is 0 Å². The highest BCUT2D eigenvalue weighted by atomic mass is 32.1. The molecule has 0 atom stereocenters. The summed E-state index contributed by atoms with van der Waals surface area (Å²) in [4.78, 5) is 21.3. The number of amides is 1. The number of carbonyl (C=O) groups is 1. The van der Waals surface area contributed by atoms with Gasteiger partial charge in [-0.05, 0) is 50.2 Å². The van der Waals surface area contributed by atoms with Crippen molar-refractivity contribution < 1.29 is 9.32 Å². The molecule has 0 spiro atoms. The first-order valence-electron chi connectivity index (χ1n) is 8.66. The molecule has 2 saturated heterocycles. The molecule has 0 radical (unpaired) electrons. The average Bonchev–Trinajstić information content (AvgIpc) is 3.36. The van der Waals surface area contributed by atoms with Crippen LogP contribution < -0.4 is 0 Å². The highest BCUT2D eigenvalue weighted by molar-refractivity contribution is 7.08. The standard InChI is InChI=1S/C17H22N4O2S/c22-17(21-6-1-2-7-21)13-3-8-20(9-4-13)11-15-18-16(19-23-15)14-5-10-24-12-14/h5,10,12-13H,1-4,6-9,11H2. The Hall–Kier alpha value is -1.73. The lowest BCUT2D eigenvalue weighted by molar-refractivity contribution is -0.136. The van der Waals surface area contributed by atoms with Crippen LogP contribution in [0, 0.1) is 5.92 Å². The second-order valence-corrected chi connectivity index (χ2v) is 7.39. The summed E-state index contributed by atoms with van der Waals surface area (Å²) < 4.78 is 5.37. The first kappa shape index (κ1) is 15.8. The fraction of sp³-hybridized carbons (Fsp3) is 0.588. The topological polar surface area (TPSA) is 62.5 Å². The van der Waals surface area contributed by atoms with E-state index in [0.717, 1.165) is 57.4 Å². The Morgan fingerprint density at radius 2 is 2.04 bits per heavy atom. The van der Waals surface area contributed by atoms with Crippen LogP contribution in [0.15, 0.2) is 21.3 Å². The zero-order chi connectivity index (χ0) is 16.4. The van der Waals surface area contributed by atoms with E-state index in [4.69, 9.17) is 4.52 Å². The quantitative estimate of drug-likeness (QED) is 0.852. The lowest BCUT2D eigenvalue weighted by Crippen LogP contribution is -2.41. The van der Waals surface area contributed by atoms with Crippen molar-refractivity contribution in [3.05, 3.63) is 22.7 Å². The minimum absolute atomic E-state index is 0.198. The summed E-state index contributed by atoms with van der Waals surface area (Å²) >= 11 is 1.62. The molecule has 0 aromatic carbocycles. The summed E-state index contributed by atoms with van der Waals surface area (Å²) in [5, 5.41) is 8.08. The monoisotopic (exact) mass is 346 g/mol. The van der Waals surface area contributed by atoms with Gasteiger partial charge in [0, 0.05) is 30.0 Å². The van der Waals surface area contributed by atoms with Crippen LogP contribution in [-0.4, -0.2) is 52.0 Å². The molecule has 2 aliphatic rings. The van der Waals surface area contributed by atoms with Crippen molar-refractivity contribution in [3.8, 4) is 11.4 Å². The minimum Gasteiger partial charge on any atom is -0.342 e. The van der Waals surface area contributed by atoms with E-state index in [0.29, 0.717) is 24.2 Å². The zero-order valence-corrected chi connectivity index (χ0v) is 14.5. The molecule has 2 aromatic heterocycles. The van der Waals surface area contributed by atoms with E-state index in [1.165, 1.54) is 0 Å². The number of thiophene rings is 1. The van der Waals surface area contributed by atoms with Crippen LogP contribution >= 0.6 is 11.3 Å². The number of piperidine rings is 1. The number of nitrogens with zero attached hydrogens (tertiary/aromatic N) is 4. The van der Waals surface area contributed by atoms with Gasteiger partial charge in [0.1, 0.15) is 0 Å². The van der Waals surface area contributed by atoms with Crippen molar-refractivity contribution in [1.29, 1.82) is 0 Å². The van der Waals surface area contributed by atoms with Crippen LogP contribution in [-0.2, 0) is 11.3 Å². The molecule has 2 aromatic rings. The highest BCUT2D eigenvalue weighted by Gasteiger charge is 2.30. The Labute approximate surface area is 145 Å². The van der Waals surface area contributed by atoms with E-state index in [2.05, 4.69) is 15.0 Å². The molecule has 24 heavy (non-hydrogen) atoms. The molecule has 0 N–H and O–H groups in total. The van der Waals surface area contributed by atoms with Gasteiger partial charge in [-0.3, -0.25) is 9.69 Å². The number of hydrogen-bond donors (Lipinski definition) is 0. The maximum atomic E-state index is 12.5. The lowest BCUT2D eigenvalue weighted by Gasteiger charge is -2.32. The van der Waals surface area contributed by atoms with Crippen molar-refractivity contribution in [3.63, 3.8) is 0 Å². The van der Waals surface area contributed by atoms with Gasteiger partial charge in [0.2, 0.25) is 17.6 Å². The third-order valence-corrected chi connectivity index (χ3v) is 5.64. The molecule has 0 aliphatic carbocycles. The van der Waals surface area contributed by atoms with Crippen LogP contribution in [0.5, 0.6) is 0 Å². The van der Waals surface area contributed by atoms with Crippen LogP contribution in [0.1, 0.15) is 31.6 Å². The summed E-state index contributed by atoms with van der Waals surface area (Å²) in [5.41, 5.74) is 1.00. The smallest absolute Gasteiger partial charge is 0.241 e. The summed E-state index contributed by atoms with van der Waals surface area (Å²) in [6.07, 6.45) is 4.18. The van der Waals surface area contributed by atoms with Crippen molar-refractivity contribution >= 4 is 17.2 Å². The maximum absolute atomic E-state index is 12.5. The van der Waals surface area contributed by atoms with E-state index < -0.39 is 0 Å². The second-order valence-electron chi connectivity index (χ2n) is 6.61. The molecule has 1 amide bonds. The molecule has 6 nitrogen and oxygen atoms in total. The Morgan fingerprint density at radius 1 is 1.25 bits per heavy atom. The maximum Gasteiger partial charge on any atom is 0.241 e. The number of rotatable bonds is 4. The van der Waals surface area contributed by atoms with Crippen molar-refractivity contribution in [2.75, 3.05) is 26.2 Å². The van der Waals surface area contributed by atoms with Gasteiger partial charge in [-0.2, -0.15) is 16.3 Å². The van der Waals surface area contributed by atoms with Gasteiger partial charge < -0.3 is 9.42 Å². The summed E-state index contributed by atoms with van der Waals surface area (Å²) in [6.45, 7) is 4.40. The Morgan fingerprint density at radius 3 is 2.75 bits per heavy atom. The molecule has 2 fully saturated rings. The summed E-state index contributed by atoms with van der Waals surface area (Å²) in [7, 11) is 0. The van der Waals surface area contributed by atoms with Crippen LogP contribution in [0.4, 0.5) is 0 Å². The normalized spacial score (nSPS) is 19.9. The third kappa shape index (κ3) is 3.37. The van der Waals surface area contributed by atoms with Gasteiger partial charge in [0.05, 0.1) is 6.54 Å². The summed E-state index contributed by atoms with van der Waals surface area (Å²) in [6, 6.07) is 1.99. The summed E-state index contributed by atoms with van der Waals surface area (Å²) in [5.74, 6) is 1.87. The van der Waals surface area contributed by atoms with Gasteiger partial charge in [-0.15, -0.1) is 0 Å². The number of aromatic nitrogens is 2. The highest BCUT2D eigenvalue weighted by Crippen LogP contribution is 2.24. The van der Waals surface area contributed by atoms with Crippen molar-refractivity contribution in [2.45, 2.75) is 32.2 Å². The van der Waals surface area contributed by atoms with Gasteiger partial charge in [0.15, 0.2) is 0 Å². The van der Waals surface area contributed by atoms with Crippen LogP contribution in [0.25, 0.3) is 11.4 Å². The van der Waals surface area contributed by atoms with E-state index >= 15 is 0 Å². The van der Waals surface area contributed by atoms with Gasteiger partial charge >= 0.3 is 0 Å². The van der Waals surface area contributed by atoms with Gasteiger partial charge in [0.25, 0.3) is 0 Å². The SMILES string of the molecule is O=C(C1CCN(Cc2nc(-c3ccsc3)no2)CC1)N1CCCC1. The van der Waals surface area contributed by atoms with E-state index in [9.17, 15) is 4.79 Å². The van der Waals surface area contributed by atoms with Crippen molar-refractivity contribution in [1.82, 2.24) is 19.9 Å². The van der Waals surface area contributed by atoms with Gasteiger partial charge in [-0.25, -0.2) is 0 Å². The predicted octanol–water partition coefficient (Wildman–Crippen LogP) is 2.63. The molecule has 7 heteroatoms. The number of hydrogen-bond acceptors (Lipinski definition) is 6. The molecule has 4 heterocycles. The lowest BCUT2D eigenvalue weighted by atomic mass is 9.95. The zero-order valence-electron chi connectivity index (χ0n) is 13.7. The largest absolute Gasteiger partial charge is 0.342 e. The number of carbonyl (C=O) groups excluding carboxylic acids is 1. The first-order valence-corrected chi connectivity index (χ1v) is 9.60. The molecule has 4 rings (SSSR count). The average molecular weight is 346 g/mol. The first-order chi connectivity index (χ1) is 11.8. The third-order valence-electron chi connectivity index (χ3n) is 4.96. The fourth-order valence-corrected chi connectivity index (χ4v) is 4.19. The minimum atomic E-state index is 0.198.